The second-order valence-corrected chi connectivity index (χ2v) is 4.10. The van der Waals surface area contributed by atoms with Crippen molar-refractivity contribution >= 4 is 29.1 Å². The highest BCUT2D eigenvalue weighted by atomic mass is 35.5. The first-order valence-corrected chi connectivity index (χ1v) is 5.89. The lowest BCUT2D eigenvalue weighted by Gasteiger charge is -2.06. The lowest BCUT2D eigenvalue weighted by atomic mass is 10.2. The highest BCUT2D eigenvalue weighted by molar-refractivity contribution is 6.33. The molecule has 1 amide bonds. The van der Waals surface area contributed by atoms with Crippen LogP contribution in [0.5, 0.6) is 5.75 Å². The van der Waals surface area contributed by atoms with Crippen molar-refractivity contribution in [3.63, 3.8) is 0 Å². The van der Waals surface area contributed by atoms with Gasteiger partial charge in [-0.1, -0.05) is 11.6 Å². The molecule has 16 heavy (non-hydrogen) atoms. The van der Waals surface area contributed by atoms with Gasteiger partial charge in [-0.25, -0.2) is 0 Å². The van der Waals surface area contributed by atoms with Crippen molar-refractivity contribution < 1.29 is 9.90 Å². The van der Waals surface area contributed by atoms with E-state index in [2.05, 4.69) is 5.32 Å². The molecule has 0 unspecified atom stereocenters. The Kier molecular flexibility index (Phi) is 5.43. The molecule has 0 spiro atoms. The number of nitrogens with one attached hydrogen (secondary N) is 1. The Morgan fingerprint density at radius 2 is 2.12 bits per heavy atom. The van der Waals surface area contributed by atoms with Crippen LogP contribution >= 0.6 is 23.2 Å². The molecule has 0 aliphatic carbocycles. The van der Waals surface area contributed by atoms with Crippen LogP contribution in [0.2, 0.25) is 5.02 Å². The van der Waals surface area contributed by atoms with Gasteiger partial charge in [-0.3, -0.25) is 4.79 Å². The molecule has 3 nitrogen and oxygen atoms in total. The van der Waals surface area contributed by atoms with Crippen molar-refractivity contribution in [2.24, 2.45) is 0 Å². The maximum absolute atomic E-state index is 11.6. The number of hydrogen-bond acceptors (Lipinski definition) is 2. The maximum atomic E-state index is 11.6. The van der Waals surface area contributed by atoms with Crippen LogP contribution in [-0.2, 0) is 0 Å². The van der Waals surface area contributed by atoms with E-state index < -0.39 is 0 Å². The molecule has 0 saturated heterocycles. The van der Waals surface area contributed by atoms with Crippen LogP contribution in [0.25, 0.3) is 0 Å². The predicted molar refractivity (Wildman–Crippen MR) is 65.4 cm³/mol. The monoisotopic (exact) mass is 261 g/mol. The van der Waals surface area contributed by atoms with Crippen LogP contribution in [0, 0.1) is 0 Å². The average molecular weight is 262 g/mol. The largest absolute Gasteiger partial charge is 0.508 e. The van der Waals surface area contributed by atoms with Gasteiger partial charge >= 0.3 is 0 Å². The van der Waals surface area contributed by atoms with E-state index in [1.165, 1.54) is 18.2 Å². The van der Waals surface area contributed by atoms with Gasteiger partial charge in [-0.2, -0.15) is 0 Å². The van der Waals surface area contributed by atoms with Crippen LogP contribution in [-0.4, -0.2) is 23.4 Å². The second-order valence-electron chi connectivity index (χ2n) is 3.32. The van der Waals surface area contributed by atoms with Crippen molar-refractivity contribution in [3.05, 3.63) is 28.8 Å². The first-order valence-electron chi connectivity index (χ1n) is 4.98. The number of benzene rings is 1. The minimum atomic E-state index is -0.282. The quantitative estimate of drug-likeness (QED) is 0.633. The van der Waals surface area contributed by atoms with Gasteiger partial charge in [-0.05, 0) is 31.0 Å². The summed E-state index contributed by atoms with van der Waals surface area (Å²) in [5, 5.41) is 12.3. The van der Waals surface area contributed by atoms with Crippen molar-refractivity contribution in [2.75, 3.05) is 12.4 Å². The Hall–Kier alpha value is -0.930. The number of carbonyl (C=O) groups is 1. The Balaban J connectivity index is 2.55. The number of unbranched alkanes of at least 4 members (excludes halogenated alkanes) is 1. The van der Waals surface area contributed by atoms with Crippen LogP contribution < -0.4 is 5.32 Å². The van der Waals surface area contributed by atoms with Gasteiger partial charge in [0.2, 0.25) is 0 Å². The zero-order chi connectivity index (χ0) is 12.0. The summed E-state index contributed by atoms with van der Waals surface area (Å²) < 4.78 is 0. The molecule has 1 rings (SSSR count). The summed E-state index contributed by atoms with van der Waals surface area (Å²) in [6, 6.07) is 4.27. The summed E-state index contributed by atoms with van der Waals surface area (Å²) in [4.78, 5) is 11.6. The fourth-order valence-electron chi connectivity index (χ4n) is 1.20. The molecular formula is C11H13Cl2NO2. The Labute approximate surface area is 104 Å². The predicted octanol–water partition coefficient (Wildman–Crippen LogP) is 2.79. The highest BCUT2D eigenvalue weighted by Crippen LogP contribution is 2.20. The highest BCUT2D eigenvalue weighted by Gasteiger charge is 2.10. The van der Waals surface area contributed by atoms with Crippen molar-refractivity contribution in [1.82, 2.24) is 5.32 Å². The minimum absolute atomic E-state index is 0.0234. The van der Waals surface area contributed by atoms with Gasteiger partial charge in [0.15, 0.2) is 0 Å². The summed E-state index contributed by atoms with van der Waals surface area (Å²) >= 11 is 11.4. The number of alkyl halides is 1. The third-order valence-electron chi connectivity index (χ3n) is 2.04. The minimum Gasteiger partial charge on any atom is -0.508 e. The van der Waals surface area contributed by atoms with E-state index in [1.807, 2.05) is 0 Å². The van der Waals surface area contributed by atoms with Gasteiger partial charge in [-0.15, -0.1) is 11.6 Å². The van der Waals surface area contributed by atoms with Crippen molar-refractivity contribution in [1.29, 1.82) is 0 Å². The molecular weight excluding hydrogens is 249 g/mol. The molecule has 0 atom stereocenters. The summed E-state index contributed by atoms with van der Waals surface area (Å²) in [6.45, 7) is 0.553. The maximum Gasteiger partial charge on any atom is 0.252 e. The van der Waals surface area contributed by atoms with E-state index in [1.54, 1.807) is 0 Å². The van der Waals surface area contributed by atoms with E-state index in [0.29, 0.717) is 17.4 Å². The third-order valence-corrected chi connectivity index (χ3v) is 2.64. The van der Waals surface area contributed by atoms with Gasteiger partial charge in [0.25, 0.3) is 5.91 Å². The number of halogens is 2. The molecule has 0 saturated carbocycles. The fourth-order valence-corrected chi connectivity index (χ4v) is 1.60. The van der Waals surface area contributed by atoms with Gasteiger partial charge in [0.1, 0.15) is 5.75 Å². The van der Waals surface area contributed by atoms with Crippen LogP contribution in [0.3, 0.4) is 0 Å². The van der Waals surface area contributed by atoms with E-state index in [9.17, 15) is 9.90 Å². The second kappa shape index (κ2) is 6.61. The number of aromatic hydroxyl groups is 1. The number of amides is 1. The normalized spacial score (nSPS) is 10.1. The fraction of sp³-hybridized carbons (Fsp3) is 0.364. The molecule has 0 heterocycles. The topological polar surface area (TPSA) is 49.3 Å². The van der Waals surface area contributed by atoms with E-state index in [4.69, 9.17) is 23.2 Å². The molecule has 1 aromatic rings. The molecule has 2 N–H and O–H groups in total. The molecule has 0 aliphatic heterocycles. The van der Waals surface area contributed by atoms with Crippen LogP contribution in [0.1, 0.15) is 23.2 Å². The number of hydrogen-bond donors (Lipinski definition) is 2. The lowest BCUT2D eigenvalue weighted by Crippen LogP contribution is -2.24. The lowest BCUT2D eigenvalue weighted by molar-refractivity contribution is 0.0953. The van der Waals surface area contributed by atoms with Gasteiger partial charge in [0, 0.05) is 12.4 Å². The van der Waals surface area contributed by atoms with Crippen molar-refractivity contribution in [2.45, 2.75) is 12.8 Å². The zero-order valence-corrected chi connectivity index (χ0v) is 10.2. The number of carbonyl (C=O) groups excluding carboxylic acids is 1. The Morgan fingerprint density at radius 3 is 2.81 bits per heavy atom. The number of phenolic OH excluding ortho intramolecular Hbond substituents is 1. The third kappa shape index (κ3) is 3.91. The Morgan fingerprint density at radius 1 is 1.38 bits per heavy atom. The Bertz CT molecular complexity index is 369. The molecule has 0 aromatic heterocycles. The van der Waals surface area contributed by atoms with E-state index in [-0.39, 0.29) is 17.2 Å². The molecule has 88 valence electrons. The first kappa shape index (κ1) is 13.1. The SMILES string of the molecule is O=C(NCCCCCl)c1cc(O)ccc1Cl. The summed E-state index contributed by atoms with van der Waals surface area (Å²) in [7, 11) is 0. The first-order chi connectivity index (χ1) is 7.65. The summed E-state index contributed by atoms with van der Waals surface area (Å²) in [6.07, 6.45) is 1.68. The van der Waals surface area contributed by atoms with Crippen LogP contribution in [0.15, 0.2) is 18.2 Å². The zero-order valence-electron chi connectivity index (χ0n) is 8.67. The van der Waals surface area contributed by atoms with E-state index in [0.717, 1.165) is 12.8 Å². The standard InChI is InChI=1S/C11H13Cl2NO2/c12-5-1-2-6-14-11(16)9-7-8(15)3-4-10(9)13/h3-4,7,15H,1-2,5-6H2,(H,14,16). The number of phenols is 1. The molecule has 0 bridgehead atoms. The molecule has 5 heteroatoms. The molecule has 0 radical (unpaired) electrons. The van der Waals surface area contributed by atoms with Gasteiger partial charge in [0.05, 0.1) is 10.6 Å². The molecule has 0 fully saturated rings. The van der Waals surface area contributed by atoms with Crippen LogP contribution in [0.4, 0.5) is 0 Å². The smallest absolute Gasteiger partial charge is 0.252 e. The summed E-state index contributed by atoms with van der Waals surface area (Å²) in [5.74, 6) is 0.328. The van der Waals surface area contributed by atoms with E-state index >= 15 is 0 Å². The van der Waals surface area contributed by atoms with Gasteiger partial charge < -0.3 is 10.4 Å². The number of rotatable bonds is 5. The average Bonchev–Trinajstić information content (AvgIpc) is 2.27. The molecule has 1 aromatic carbocycles. The summed E-state index contributed by atoms with van der Waals surface area (Å²) in [5.41, 5.74) is 0.285. The van der Waals surface area contributed by atoms with Crippen molar-refractivity contribution in [3.8, 4) is 5.75 Å². The molecule has 0 aliphatic rings.